The fraction of sp³-hybridized carbons (Fsp3) is 0.647. The Morgan fingerprint density at radius 3 is 2.88 bits per heavy atom. The number of nitrogens with zero attached hydrogens (tertiary/aromatic N) is 1. The number of carbonyl (C=O) groups is 1. The van der Waals surface area contributed by atoms with Crippen molar-refractivity contribution in [2.75, 3.05) is 46.5 Å². The van der Waals surface area contributed by atoms with Gasteiger partial charge in [0.1, 0.15) is 0 Å². The highest BCUT2D eigenvalue weighted by Crippen LogP contribution is 2.31. The summed E-state index contributed by atoms with van der Waals surface area (Å²) in [6.45, 7) is 3.64. The number of aliphatic hydroxyl groups is 1. The molecule has 1 unspecified atom stereocenters. The first-order valence-electron chi connectivity index (χ1n) is 8.64. The van der Waals surface area contributed by atoms with Crippen molar-refractivity contribution >= 4 is 23.2 Å². The number of rotatable bonds is 9. The van der Waals surface area contributed by atoms with Crippen LogP contribution in [0.5, 0.6) is 0 Å². The van der Waals surface area contributed by atoms with E-state index in [1.165, 1.54) is 11.3 Å². The molecule has 0 bridgehead atoms. The Kier molecular flexibility index (Phi) is 8.17. The van der Waals surface area contributed by atoms with Gasteiger partial charge in [-0.15, -0.1) is 11.3 Å². The van der Waals surface area contributed by atoms with E-state index in [1.807, 2.05) is 17.5 Å². The summed E-state index contributed by atoms with van der Waals surface area (Å²) in [5.74, 6) is 0.707. The molecule has 2 heterocycles. The molecule has 0 aliphatic carbocycles. The second kappa shape index (κ2) is 10.4. The summed E-state index contributed by atoms with van der Waals surface area (Å²) in [7, 11) is 1.73. The van der Waals surface area contributed by atoms with E-state index in [9.17, 15) is 9.90 Å². The van der Waals surface area contributed by atoms with Gasteiger partial charge in [-0.1, -0.05) is 6.07 Å². The lowest BCUT2D eigenvalue weighted by Gasteiger charge is -2.27. The Labute approximate surface area is 152 Å². The molecule has 1 fully saturated rings. The number of aliphatic hydroxyl groups excluding tert-OH is 1. The molecule has 0 spiro atoms. The van der Waals surface area contributed by atoms with Crippen LogP contribution >= 0.6 is 11.3 Å². The number of amides is 1. The number of carbonyl (C=O) groups excluding carboxylic acids is 1. The average Bonchev–Trinajstić information content (AvgIpc) is 3.30. The van der Waals surface area contributed by atoms with Gasteiger partial charge < -0.3 is 25.8 Å². The Hall–Kier alpha value is -1.64. The summed E-state index contributed by atoms with van der Waals surface area (Å²) in [5.41, 5.74) is -0.0128. The normalized spacial score (nSPS) is 20.5. The van der Waals surface area contributed by atoms with Crippen LogP contribution in [0.4, 0.5) is 0 Å². The van der Waals surface area contributed by atoms with Crippen molar-refractivity contribution in [3.05, 3.63) is 22.4 Å². The lowest BCUT2D eigenvalue weighted by atomic mass is 9.84. The Bertz CT molecular complexity index is 542. The molecule has 4 N–H and O–H groups in total. The summed E-state index contributed by atoms with van der Waals surface area (Å²) in [4.78, 5) is 16.8. The molecule has 1 aliphatic rings. The minimum Gasteiger partial charge on any atom is -0.396 e. The number of guanidine groups is 1. The van der Waals surface area contributed by atoms with Crippen molar-refractivity contribution in [2.24, 2.45) is 10.4 Å². The van der Waals surface area contributed by atoms with E-state index in [2.05, 4.69) is 20.9 Å². The molecule has 0 aromatic carbocycles. The number of ether oxygens (including phenoxy) is 1. The molecule has 1 atom stereocenters. The molecule has 7 nitrogen and oxygen atoms in total. The van der Waals surface area contributed by atoms with Gasteiger partial charge in [0.2, 0.25) is 0 Å². The number of hydrogen-bond donors (Lipinski definition) is 4. The number of thiophene rings is 1. The first-order chi connectivity index (χ1) is 12.2. The summed E-state index contributed by atoms with van der Waals surface area (Å²) in [5, 5.41) is 20.6. The van der Waals surface area contributed by atoms with E-state index in [-0.39, 0.29) is 17.9 Å². The third-order valence-corrected chi connectivity index (χ3v) is 5.23. The molecule has 0 radical (unpaired) electrons. The van der Waals surface area contributed by atoms with Crippen molar-refractivity contribution in [3.8, 4) is 0 Å². The highest BCUT2D eigenvalue weighted by atomic mass is 32.1. The van der Waals surface area contributed by atoms with Gasteiger partial charge in [-0.05, 0) is 30.7 Å². The van der Waals surface area contributed by atoms with Crippen molar-refractivity contribution in [3.63, 3.8) is 0 Å². The van der Waals surface area contributed by atoms with Crippen molar-refractivity contribution < 1.29 is 14.6 Å². The van der Waals surface area contributed by atoms with Crippen molar-refractivity contribution in [1.29, 1.82) is 0 Å². The van der Waals surface area contributed by atoms with E-state index >= 15 is 0 Å². The Morgan fingerprint density at radius 2 is 2.24 bits per heavy atom. The maximum Gasteiger partial charge on any atom is 0.261 e. The van der Waals surface area contributed by atoms with Crippen LogP contribution in [0.2, 0.25) is 0 Å². The van der Waals surface area contributed by atoms with Crippen LogP contribution in [0.15, 0.2) is 22.5 Å². The predicted molar refractivity (Wildman–Crippen MR) is 100 cm³/mol. The standard InChI is InChI=1S/C17H28N4O3S/c1-18-16(21-12-17(5-9-22)6-10-24-13-17)20-8-3-7-19-15(23)14-4-2-11-25-14/h2,4,11,22H,3,5-10,12-13H2,1H3,(H,19,23)(H2,18,20,21). The lowest BCUT2D eigenvalue weighted by molar-refractivity contribution is 0.0957. The topological polar surface area (TPSA) is 95.0 Å². The fourth-order valence-corrected chi connectivity index (χ4v) is 3.44. The zero-order chi connectivity index (χ0) is 18.0. The van der Waals surface area contributed by atoms with E-state index in [4.69, 9.17) is 4.74 Å². The highest BCUT2D eigenvalue weighted by molar-refractivity contribution is 7.12. The molecular formula is C17H28N4O3S. The van der Waals surface area contributed by atoms with Gasteiger partial charge in [-0.25, -0.2) is 0 Å². The zero-order valence-electron chi connectivity index (χ0n) is 14.7. The molecule has 1 amide bonds. The van der Waals surface area contributed by atoms with Gasteiger partial charge in [0.15, 0.2) is 5.96 Å². The van der Waals surface area contributed by atoms with Gasteiger partial charge in [0, 0.05) is 45.3 Å². The monoisotopic (exact) mass is 368 g/mol. The molecule has 25 heavy (non-hydrogen) atoms. The molecule has 140 valence electrons. The van der Waals surface area contributed by atoms with Crippen LogP contribution in [0.3, 0.4) is 0 Å². The van der Waals surface area contributed by atoms with Crippen molar-refractivity contribution in [2.45, 2.75) is 19.3 Å². The van der Waals surface area contributed by atoms with E-state index < -0.39 is 0 Å². The van der Waals surface area contributed by atoms with Crippen LogP contribution in [0, 0.1) is 5.41 Å². The number of nitrogens with one attached hydrogen (secondary N) is 3. The first kappa shape index (κ1) is 19.7. The minimum atomic E-state index is -0.0234. The molecule has 2 rings (SSSR count). The summed E-state index contributed by atoms with van der Waals surface area (Å²) in [6, 6.07) is 3.69. The van der Waals surface area contributed by atoms with Gasteiger partial charge in [-0.2, -0.15) is 0 Å². The van der Waals surface area contributed by atoms with Gasteiger partial charge in [0.05, 0.1) is 11.5 Å². The minimum absolute atomic E-state index is 0.0128. The largest absolute Gasteiger partial charge is 0.396 e. The maximum absolute atomic E-state index is 11.8. The molecule has 1 aromatic heterocycles. The van der Waals surface area contributed by atoms with Crippen LogP contribution in [-0.2, 0) is 4.74 Å². The predicted octanol–water partition coefficient (Wildman–Crippen LogP) is 0.822. The van der Waals surface area contributed by atoms with Gasteiger partial charge >= 0.3 is 0 Å². The SMILES string of the molecule is CN=C(NCCCNC(=O)c1cccs1)NCC1(CCO)CCOC1. The quantitative estimate of drug-likeness (QED) is 0.294. The summed E-state index contributed by atoms with van der Waals surface area (Å²) < 4.78 is 5.49. The highest BCUT2D eigenvalue weighted by Gasteiger charge is 2.34. The Morgan fingerprint density at radius 1 is 1.40 bits per heavy atom. The van der Waals surface area contributed by atoms with Gasteiger partial charge in [0.25, 0.3) is 5.91 Å². The first-order valence-corrected chi connectivity index (χ1v) is 9.52. The molecule has 8 heteroatoms. The molecule has 1 saturated heterocycles. The second-order valence-electron chi connectivity index (χ2n) is 6.22. The molecule has 1 aromatic rings. The second-order valence-corrected chi connectivity index (χ2v) is 7.16. The fourth-order valence-electron chi connectivity index (χ4n) is 2.80. The van der Waals surface area contributed by atoms with Crippen LogP contribution in [0.1, 0.15) is 28.9 Å². The lowest BCUT2D eigenvalue weighted by Crippen LogP contribution is -2.45. The molecule has 0 saturated carbocycles. The molecular weight excluding hydrogens is 340 g/mol. The van der Waals surface area contributed by atoms with Crippen molar-refractivity contribution in [1.82, 2.24) is 16.0 Å². The van der Waals surface area contributed by atoms with Crippen LogP contribution < -0.4 is 16.0 Å². The van der Waals surface area contributed by atoms with Crippen LogP contribution in [0.25, 0.3) is 0 Å². The van der Waals surface area contributed by atoms with Gasteiger partial charge in [-0.3, -0.25) is 9.79 Å². The van der Waals surface area contributed by atoms with E-state index in [1.54, 1.807) is 7.05 Å². The molecule has 1 aliphatic heterocycles. The smallest absolute Gasteiger partial charge is 0.261 e. The maximum atomic E-state index is 11.8. The van der Waals surface area contributed by atoms with Crippen LogP contribution in [-0.4, -0.2) is 63.5 Å². The van der Waals surface area contributed by atoms with E-state index in [0.29, 0.717) is 19.7 Å². The number of hydrogen-bond acceptors (Lipinski definition) is 5. The third-order valence-electron chi connectivity index (χ3n) is 4.36. The summed E-state index contributed by atoms with van der Waals surface area (Å²) in [6.07, 6.45) is 2.49. The zero-order valence-corrected chi connectivity index (χ0v) is 15.5. The van der Waals surface area contributed by atoms with E-state index in [0.717, 1.165) is 43.3 Å². The average molecular weight is 369 g/mol. The third kappa shape index (κ3) is 6.30. The summed E-state index contributed by atoms with van der Waals surface area (Å²) >= 11 is 1.44. The Balaban J connectivity index is 1.62. The number of aliphatic imine (C=N–C) groups is 1.